The smallest absolute Gasteiger partial charge is 0.407 e. The summed E-state index contributed by atoms with van der Waals surface area (Å²) in [5, 5.41) is 23.4. The Hall–Kier alpha value is -1.04. The Balaban J connectivity index is 3.02. The summed E-state index contributed by atoms with van der Waals surface area (Å²) in [4.78, 5) is 36.6. The third kappa shape index (κ3) is 9.07. The summed E-state index contributed by atoms with van der Waals surface area (Å²) < 4.78 is 18.7. The lowest BCUT2D eigenvalue weighted by atomic mass is 9.94. The van der Waals surface area contributed by atoms with E-state index in [-0.39, 0.29) is 0 Å². The number of aliphatic hydroxyl groups is 2. The zero-order valence-electron chi connectivity index (χ0n) is 18.7. The van der Waals surface area contributed by atoms with Gasteiger partial charge in [-0.15, -0.1) is 0 Å². The number of nitrogens with one attached hydrogen (secondary N) is 1. The van der Waals surface area contributed by atoms with Crippen molar-refractivity contribution in [2.75, 3.05) is 13.2 Å². The normalized spacial score (nSPS) is 26.8. The predicted molar refractivity (Wildman–Crippen MR) is 115 cm³/mol. The van der Waals surface area contributed by atoms with Crippen LogP contribution in [0.3, 0.4) is 0 Å². The van der Waals surface area contributed by atoms with Gasteiger partial charge in [-0.3, -0.25) is 9.59 Å². The van der Waals surface area contributed by atoms with E-state index in [9.17, 15) is 24.6 Å². The average Bonchev–Trinajstić information content (AvgIpc) is 2.61. The predicted octanol–water partition coefficient (Wildman–Crippen LogP) is 2.08. The quantitative estimate of drug-likeness (QED) is 0.281. The summed E-state index contributed by atoms with van der Waals surface area (Å²) in [6.45, 7) is 8.63. The Labute approximate surface area is 201 Å². The first-order chi connectivity index (χ1) is 14.3. The monoisotopic (exact) mass is 521 g/mol. The largest absolute Gasteiger partial charge is 0.462 e. The highest BCUT2D eigenvalue weighted by Gasteiger charge is 2.49. The molecule has 1 fully saturated rings. The fourth-order valence-corrected chi connectivity index (χ4v) is 2.53. The summed E-state index contributed by atoms with van der Waals surface area (Å²) in [5.74, 6) is -1.29. The van der Waals surface area contributed by atoms with Gasteiger partial charge >= 0.3 is 18.0 Å². The van der Waals surface area contributed by atoms with Crippen molar-refractivity contribution in [3.8, 4) is 0 Å². The molecule has 0 aromatic carbocycles. The highest BCUT2D eigenvalue weighted by molar-refractivity contribution is 6.67. The molecule has 0 aromatic heterocycles. The van der Waals surface area contributed by atoms with E-state index in [1.165, 1.54) is 0 Å². The highest BCUT2D eigenvalue weighted by Crippen LogP contribution is 2.28. The first-order valence-corrected chi connectivity index (χ1v) is 10.9. The van der Waals surface area contributed by atoms with E-state index in [0.29, 0.717) is 0 Å². The maximum atomic E-state index is 12.4. The van der Waals surface area contributed by atoms with Crippen LogP contribution in [0.15, 0.2) is 0 Å². The molecule has 3 N–H and O–H groups in total. The maximum Gasteiger partial charge on any atom is 0.407 e. The van der Waals surface area contributed by atoms with Gasteiger partial charge in [0, 0.05) is 0 Å². The summed E-state index contributed by atoms with van der Waals surface area (Å²) in [7, 11) is 0. The van der Waals surface area contributed by atoms with E-state index in [2.05, 4.69) is 5.32 Å². The van der Waals surface area contributed by atoms with E-state index < -0.39 is 76.5 Å². The number of carbonyl (C=O) groups excluding carboxylic acids is 3. The van der Waals surface area contributed by atoms with Crippen molar-refractivity contribution in [3.63, 3.8) is 0 Å². The summed E-state index contributed by atoms with van der Waals surface area (Å²) >= 11 is 16.6. The zero-order chi connectivity index (χ0) is 25.1. The highest BCUT2D eigenvalue weighted by atomic mass is 35.6. The molecule has 0 aliphatic carbocycles. The van der Waals surface area contributed by atoms with Crippen molar-refractivity contribution in [3.05, 3.63) is 0 Å². The van der Waals surface area contributed by atoms with Gasteiger partial charge in [0.2, 0.25) is 3.79 Å². The molecular weight excluding hydrogens is 493 g/mol. The van der Waals surface area contributed by atoms with Gasteiger partial charge in [-0.1, -0.05) is 34.8 Å². The van der Waals surface area contributed by atoms with Gasteiger partial charge in [0.25, 0.3) is 0 Å². The van der Waals surface area contributed by atoms with Crippen LogP contribution in [0.5, 0.6) is 0 Å². The second-order valence-electron chi connectivity index (χ2n) is 9.39. The third-order valence-electron chi connectivity index (χ3n) is 4.19. The van der Waals surface area contributed by atoms with Crippen LogP contribution in [0.4, 0.5) is 4.79 Å². The lowest BCUT2D eigenvalue weighted by molar-refractivity contribution is -0.262. The van der Waals surface area contributed by atoms with Gasteiger partial charge < -0.3 is 34.5 Å². The van der Waals surface area contributed by atoms with Crippen LogP contribution in [-0.4, -0.2) is 75.9 Å². The van der Waals surface area contributed by atoms with Crippen molar-refractivity contribution < 1.29 is 43.5 Å². The molecule has 0 bridgehead atoms. The van der Waals surface area contributed by atoms with E-state index in [4.69, 9.17) is 53.8 Å². The van der Waals surface area contributed by atoms with Crippen LogP contribution in [-0.2, 0) is 28.5 Å². The number of alkyl carbamates (subject to hydrolysis) is 1. The Morgan fingerprint density at radius 3 is 1.94 bits per heavy atom. The Morgan fingerprint density at radius 1 is 0.938 bits per heavy atom. The lowest BCUT2D eigenvalue weighted by Crippen LogP contribution is -2.65. The van der Waals surface area contributed by atoms with Crippen molar-refractivity contribution in [1.29, 1.82) is 0 Å². The Morgan fingerprint density at radius 2 is 1.47 bits per heavy atom. The molecule has 186 valence electrons. The molecule has 0 unspecified atom stereocenters. The SMILES string of the molecule is CC(C)(C)C(=O)OC[C@H]1O[C@@H](O)[C@H](NC(=O)OCC(Cl)(Cl)Cl)[C@@H](OC(=O)C(C)(C)C)[C@@H]1O. The number of hydrogen-bond acceptors (Lipinski definition) is 9. The van der Waals surface area contributed by atoms with Crippen LogP contribution >= 0.6 is 34.8 Å². The molecule has 0 radical (unpaired) electrons. The fraction of sp³-hybridized carbons (Fsp3) is 0.842. The number of halogens is 3. The van der Waals surface area contributed by atoms with Gasteiger partial charge in [-0.25, -0.2) is 4.79 Å². The minimum Gasteiger partial charge on any atom is -0.462 e. The van der Waals surface area contributed by atoms with Crippen molar-refractivity contribution in [2.45, 2.75) is 76.0 Å². The molecule has 0 aromatic rings. The van der Waals surface area contributed by atoms with Gasteiger partial charge in [0.05, 0.1) is 10.8 Å². The maximum absolute atomic E-state index is 12.4. The number of carbonyl (C=O) groups is 3. The summed E-state index contributed by atoms with van der Waals surface area (Å²) in [6.07, 6.45) is -7.16. The molecule has 1 amide bonds. The van der Waals surface area contributed by atoms with Crippen LogP contribution in [0, 0.1) is 10.8 Å². The molecule has 10 nitrogen and oxygen atoms in total. The lowest BCUT2D eigenvalue weighted by Gasteiger charge is -2.42. The van der Waals surface area contributed by atoms with Crippen molar-refractivity contribution in [1.82, 2.24) is 5.32 Å². The topological polar surface area (TPSA) is 141 Å². The van der Waals surface area contributed by atoms with Crippen LogP contribution in [0.1, 0.15) is 41.5 Å². The number of rotatable bonds is 5. The molecular formula is C19H30Cl3NO9. The second-order valence-corrected chi connectivity index (χ2v) is 11.9. The van der Waals surface area contributed by atoms with Gasteiger partial charge in [0.15, 0.2) is 12.4 Å². The molecule has 1 aliphatic rings. The van der Waals surface area contributed by atoms with E-state index in [0.717, 1.165) is 0 Å². The van der Waals surface area contributed by atoms with E-state index >= 15 is 0 Å². The van der Waals surface area contributed by atoms with Gasteiger partial charge in [-0.2, -0.15) is 0 Å². The Bertz CT molecular complexity index is 685. The molecule has 1 saturated heterocycles. The van der Waals surface area contributed by atoms with Gasteiger partial charge in [0.1, 0.15) is 31.5 Å². The van der Waals surface area contributed by atoms with Crippen LogP contribution in [0.2, 0.25) is 0 Å². The summed E-state index contributed by atoms with van der Waals surface area (Å²) in [6, 6.07) is -1.44. The molecule has 5 atom stereocenters. The second kappa shape index (κ2) is 10.9. The third-order valence-corrected chi connectivity index (χ3v) is 4.52. The first-order valence-electron chi connectivity index (χ1n) is 9.73. The van der Waals surface area contributed by atoms with E-state index in [1.54, 1.807) is 41.5 Å². The number of ether oxygens (including phenoxy) is 4. The molecule has 1 rings (SSSR count). The minimum absolute atomic E-state index is 0.428. The Kier molecular flexibility index (Phi) is 9.90. The molecule has 13 heteroatoms. The minimum atomic E-state index is -1.88. The molecule has 1 aliphatic heterocycles. The molecule has 0 spiro atoms. The number of amides is 1. The fourth-order valence-electron chi connectivity index (χ4n) is 2.36. The van der Waals surface area contributed by atoms with E-state index in [1.807, 2.05) is 0 Å². The standard InChI is InChI=1S/C19H30Cl3NO9/c1-17(2,3)14(26)29-7-9-11(24)12(32-15(27)18(4,5)6)10(13(25)31-9)23-16(28)30-8-19(20,21)22/h9-13,24-25H,7-8H2,1-6H3,(H,23,28)/t9-,10-,11-,12-,13-/m1/s1. The zero-order valence-corrected chi connectivity index (χ0v) is 21.0. The number of alkyl halides is 3. The number of hydrogen-bond donors (Lipinski definition) is 3. The number of aliphatic hydroxyl groups excluding tert-OH is 2. The van der Waals surface area contributed by atoms with Crippen LogP contribution in [0.25, 0.3) is 0 Å². The molecule has 1 heterocycles. The van der Waals surface area contributed by atoms with Crippen molar-refractivity contribution >= 4 is 52.8 Å². The summed E-state index contributed by atoms with van der Waals surface area (Å²) in [5.41, 5.74) is -1.77. The van der Waals surface area contributed by atoms with Crippen molar-refractivity contribution in [2.24, 2.45) is 10.8 Å². The van der Waals surface area contributed by atoms with Crippen LogP contribution < -0.4 is 5.32 Å². The first kappa shape index (κ1) is 29.0. The average molecular weight is 523 g/mol. The number of esters is 2. The molecule has 0 saturated carbocycles. The molecule has 32 heavy (non-hydrogen) atoms. The van der Waals surface area contributed by atoms with Gasteiger partial charge in [-0.05, 0) is 41.5 Å².